The number of carbonyl (C=O) groups is 2. The molecule has 0 aromatic heterocycles. The number of fused-ring (bicyclic) bond motifs is 1. The smallest absolute Gasteiger partial charge is 0.304 e. The number of amidine groups is 1. The summed E-state index contributed by atoms with van der Waals surface area (Å²) in [4.78, 5) is 34.7. The summed E-state index contributed by atoms with van der Waals surface area (Å²) >= 11 is 6.44. The molecule has 208 valence electrons. The van der Waals surface area contributed by atoms with E-state index in [2.05, 4.69) is 46.7 Å². The molecule has 0 bridgehead atoms. The molecular formula is C31H39ClN4O3. The van der Waals surface area contributed by atoms with Crippen molar-refractivity contribution in [1.29, 1.82) is 0 Å². The first-order chi connectivity index (χ1) is 18.7. The van der Waals surface area contributed by atoms with Gasteiger partial charge in [-0.25, -0.2) is 0 Å². The monoisotopic (exact) mass is 550 g/mol. The van der Waals surface area contributed by atoms with Crippen LogP contribution in [0.15, 0.2) is 41.4 Å². The van der Waals surface area contributed by atoms with Gasteiger partial charge >= 0.3 is 5.97 Å². The Labute approximate surface area is 236 Å². The highest BCUT2D eigenvalue weighted by atomic mass is 35.5. The fourth-order valence-corrected chi connectivity index (χ4v) is 7.06. The third kappa shape index (κ3) is 5.37. The summed E-state index contributed by atoms with van der Waals surface area (Å²) in [6, 6.07) is 13.0. The molecule has 2 aromatic rings. The van der Waals surface area contributed by atoms with Gasteiger partial charge in [-0.2, -0.15) is 0 Å². The predicted octanol–water partition coefficient (Wildman–Crippen LogP) is 5.73. The average molecular weight is 551 g/mol. The highest BCUT2D eigenvalue weighted by Gasteiger charge is 2.43. The number of carboxylic acids is 1. The lowest BCUT2D eigenvalue weighted by Gasteiger charge is -2.42. The lowest BCUT2D eigenvalue weighted by atomic mass is 9.83. The Morgan fingerprint density at radius 3 is 2.44 bits per heavy atom. The molecule has 3 aliphatic heterocycles. The molecule has 0 radical (unpaired) electrons. The summed E-state index contributed by atoms with van der Waals surface area (Å²) in [5.41, 5.74) is 4.58. The summed E-state index contributed by atoms with van der Waals surface area (Å²) in [7, 11) is 1.81. The molecule has 3 heterocycles. The molecule has 8 heteroatoms. The van der Waals surface area contributed by atoms with Gasteiger partial charge in [0.25, 0.3) is 0 Å². The fraction of sp³-hybridized carbons (Fsp3) is 0.516. The minimum atomic E-state index is -0.715. The van der Waals surface area contributed by atoms with E-state index in [0.717, 1.165) is 75.4 Å². The van der Waals surface area contributed by atoms with Gasteiger partial charge in [-0.1, -0.05) is 29.8 Å². The van der Waals surface area contributed by atoms with Gasteiger partial charge in [0.2, 0.25) is 0 Å². The molecule has 39 heavy (non-hydrogen) atoms. The molecule has 0 spiro atoms. The maximum atomic E-state index is 12.0. The molecule has 7 nitrogen and oxygen atoms in total. The van der Waals surface area contributed by atoms with Crippen molar-refractivity contribution < 1.29 is 14.7 Å². The van der Waals surface area contributed by atoms with Gasteiger partial charge in [-0.15, -0.1) is 0 Å². The van der Waals surface area contributed by atoms with Gasteiger partial charge in [0.05, 0.1) is 28.4 Å². The molecule has 0 amide bonds. The minimum absolute atomic E-state index is 0.227. The fourth-order valence-electron chi connectivity index (χ4n) is 6.85. The number of anilines is 2. The molecule has 1 N–H and O–H groups in total. The predicted molar refractivity (Wildman–Crippen MR) is 157 cm³/mol. The van der Waals surface area contributed by atoms with Crippen LogP contribution in [-0.2, 0) is 10.2 Å². The van der Waals surface area contributed by atoms with Crippen molar-refractivity contribution in [3.05, 3.63) is 58.1 Å². The van der Waals surface area contributed by atoms with Gasteiger partial charge in [-0.05, 0) is 101 Å². The average Bonchev–Trinajstić information content (AvgIpc) is 3.17. The maximum Gasteiger partial charge on any atom is 0.304 e. The number of piperidine rings is 2. The van der Waals surface area contributed by atoms with Crippen molar-refractivity contribution in [2.45, 2.75) is 63.3 Å². The molecule has 2 saturated heterocycles. The zero-order chi connectivity index (χ0) is 27.7. The normalized spacial score (nSPS) is 21.8. The molecule has 0 aliphatic carbocycles. The first-order valence-corrected chi connectivity index (χ1v) is 14.5. The number of benzene rings is 2. The molecule has 3 aliphatic rings. The second-order valence-electron chi connectivity index (χ2n) is 11.6. The van der Waals surface area contributed by atoms with E-state index < -0.39 is 5.97 Å². The molecule has 5 rings (SSSR count). The van der Waals surface area contributed by atoms with Crippen molar-refractivity contribution >= 4 is 41.1 Å². The van der Waals surface area contributed by atoms with Gasteiger partial charge in [0.15, 0.2) is 6.29 Å². The summed E-state index contributed by atoms with van der Waals surface area (Å²) in [5, 5.41) is 9.41. The van der Waals surface area contributed by atoms with E-state index in [0.29, 0.717) is 29.1 Å². The number of aliphatic carboxylic acids is 1. The van der Waals surface area contributed by atoms with Crippen LogP contribution in [0.5, 0.6) is 0 Å². The third-order valence-electron chi connectivity index (χ3n) is 9.02. The number of aliphatic imine (C=N–C) groups is 1. The molecular weight excluding hydrogens is 512 g/mol. The van der Waals surface area contributed by atoms with E-state index in [4.69, 9.17) is 21.7 Å². The summed E-state index contributed by atoms with van der Waals surface area (Å²) in [6.07, 6.45) is 5.53. The number of hydrogen-bond acceptors (Lipinski definition) is 5. The SMILES string of the molecule is CN=C1N(c2cccc(Cl)c2C=O)c2cc(C3CCN(C4CCN(CCC(=O)O)CC4)CC3)ccc2C1(C)C. The van der Waals surface area contributed by atoms with Gasteiger partial charge < -0.3 is 14.9 Å². The zero-order valence-corrected chi connectivity index (χ0v) is 24.0. The standard InChI is InChI=1S/C31H39ClN4O3/c1-31(2)25-8-7-22(19-28(25)36(30(31)33-3)27-6-4-5-26(32)24(27)20-37)21-9-17-35(18-10-21)23-11-14-34(15-12-23)16-13-29(38)39/h4-8,19-21,23H,9-18H2,1-3H3,(H,38,39). The first kappa shape index (κ1) is 27.8. The number of halogens is 1. The molecule has 2 fully saturated rings. The Morgan fingerprint density at radius 1 is 1.08 bits per heavy atom. The summed E-state index contributed by atoms with van der Waals surface area (Å²) in [5.74, 6) is 0.677. The van der Waals surface area contributed by atoms with Crippen LogP contribution in [-0.4, -0.2) is 78.8 Å². The Morgan fingerprint density at radius 2 is 1.79 bits per heavy atom. The van der Waals surface area contributed by atoms with E-state index in [1.54, 1.807) is 6.07 Å². The third-order valence-corrected chi connectivity index (χ3v) is 9.35. The zero-order valence-electron chi connectivity index (χ0n) is 23.2. The van der Waals surface area contributed by atoms with Crippen LogP contribution in [0.2, 0.25) is 5.02 Å². The highest BCUT2D eigenvalue weighted by Crippen LogP contribution is 2.48. The van der Waals surface area contributed by atoms with E-state index in [-0.39, 0.29) is 11.8 Å². The van der Waals surface area contributed by atoms with Crippen molar-refractivity contribution in [3.8, 4) is 0 Å². The van der Waals surface area contributed by atoms with Crippen molar-refractivity contribution in [1.82, 2.24) is 9.80 Å². The Balaban J connectivity index is 1.32. The lowest BCUT2D eigenvalue weighted by Crippen LogP contribution is -2.47. The molecule has 0 saturated carbocycles. The topological polar surface area (TPSA) is 76.5 Å². The van der Waals surface area contributed by atoms with Crippen LogP contribution in [0.4, 0.5) is 11.4 Å². The Hall–Kier alpha value is -2.74. The number of hydrogen-bond donors (Lipinski definition) is 1. The minimum Gasteiger partial charge on any atom is -0.481 e. The number of carbonyl (C=O) groups excluding carboxylic acids is 1. The van der Waals surface area contributed by atoms with Crippen LogP contribution >= 0.6 is 11.6 Å². The molecule has 0 atom stereocenters. The number of nitrogens with zero attached hydrogens (tertiary/aromatic N) is 4. The van der Waals surface area contributed by atoms with E-state index in [1.165, 1.54) is 11.1 Å². The van der Waals surface area contributed by atoms with Crippen LogP contribution in [0.25, 0.3) is 0 Å². The number of rotatable bonds is 7. The maximum absolute atomic E-state index is 12.0. The van der Waals surface area contributed by atoms with Gasteiger partial charge in [-0.3, -0.25) is 19.5 Å². The van der Waals surface area contributed by atoms with Crippen LogP contribution < -0.4 is 4.90 Å². The second-order valence-corrected chi connectivity index (χ2v) is 12.0. The van der Waals surface area contributed by atoms with Crippen molar-refractivity contribution in [2.75, 3.05) is 44.7 Å². The second kappa shape index (κ2) is 11.4. The number of likely N-dealkylation sites (tertiary alicyclic amines) is 2. The van der Waals surface area contributed by atoms with Crippen LogP contribution in [0.1, 0.15) is 73.4 Å². The van der Waals surface area contributed by atoms with E-state index >= 15 is 0 Å². The number of carboxylic acid groups (broad SMARTS) is 1. The van der Waals surface area contributed by atoms with E-state index in [9.17, 15) is 9.59 Å². The molecule has 0 unspecified atom stereocenters. The first-order valence-electron chi connectivity index (χ1n) is 14.1. The molecule has 2 aromatic carbocycles. The number of aldehydes is 1. The Bertz CT molecular complexity index is 1260. The lowest BCUT2D eigenvalue weighted by molar-refractivity contribution is -0.137. The van der Waals surface area contributed by atoms with Gasteiger partial charge in [0, 0.05) is 25.0 Å². The summed E-state index contributed by atoms with van der Waals surface area (Å²) < 4.78 is 0. The highest BCUT2D eigenvalue weighted by molar-refractivity contribution is 6.34. The van der Waals surface area contributed by atoms with E-state index in [1.807, 2.05) is 19.2 Å². The van der Waals surface area contributed by atoms with Crippen LogP contribution in [0.3, 0.4) is 0 Å². The van der Waals surface area contributed by atoms with Crippen LogP contribution in [0, 0.1) is 0 Å². The van der Waals surface area contributed by atoms with Crippen molar-refractivity contribution in [2.24, 2.45) is 4.99 Å². The summed E-state index contributed by atoms with van der Waals surface area (Å²) in [6.45, 7) is 9.17. The quantitative estimate of drug-likeness (QED) is 0.444. The largest absolute Gasteiger partial charge is 0.481 e. The van der Waals surface area contributed by atoms with Crippen molar-refractivity contribution in [3.63, 3.8) is 0 Å². The van der Waals surface area contributed by atoms with Gasteiger partial charge in [0.1, 0.15) is 5.84 Å². The Kier molecular flexibility index (Phi) is 8.13.